The Hall–Kier alpha value is -3.40. The Labute approximate surface area is 226 Å². The van der Waals surface area contributed by atoms with Crippen LogP contribution in [0.1, 0.15) is 44.3 Å². The van der Waals surface area contributed by atoms with E-state index in [1.807, 2.05) is 0 Å². The minimum absolute atomic E-state index is 0.194. The van der Waals surface area contributed by atoms with E-state index in [2.05, 4.69) is 5.32 Å². The number of nitrogens with one attached hydrogen (secondary N) is 1. The van der Waals surface area contributed by atoms with Gasteiger partial charge >= 0.3 is 5.97 Å². The molecule has 5 rings (SSSR count). The topological polar surface area (TPSA) is 118 Å². The van der Waals surface area contributed by atoms with E-state index in [4.69, 9.17) is 26.1 Å². The van der Waals surface area contributed by atoms with Crippen molar-refractivity contribution >= 4 is 34.9 Å². The highest BCUT2D eigenvalue weighted by Crippen LogP contribution is 2.44. The maximum absolute atomic E-state index is 12.7. The molecule has 9 nitrogen and oxygen atoms in total. The largest absolute Gasteiger partial charge is 0.497 e. The Bertz CT molecular complexity index is 1240. The van der Waals surface area contributed by atoms with Gasteiger partial charge in [0.15, 0.2) is 6.61 Å². The lowest BCUT2D eigenvalue weighted by Crippen LogP contribution is -2.42. The zero-order chi connectivity index (χ0) is 26.8. The van der Waals surface area contributed by atoms with E-state index in [0.717, 1.165) is 12.3 Å². The van der Waals surface area contributed by atoms with Crippen molar-refractivity contribution in [2.45, 2.75) is 57.0 Å². The number of benzene rings is 1. The van der Waals surface area contributed by atoms with Crippen molar-refractivity contribution in [3.05, 3.63) is 36.1 Å². The number of nitrogens with zero attached hydrogens (tertiary/aromatic N) is 1. The lowest BCUT2D eigenvalue weighted by Gasteiger charge is -2.22. The van der Waals surface area contributed by atoms with E-state index in [0.29, 0.717) is 58.8 Å². The molecule has 10 heteroatoms. The average Bonchev–Trinajstić information content (AvgIpc) is 3.71. The lowest BCUT2D eigenvalue weighted by atomic mass is 9.95. The minimum atomic E-state index is -1.00. The number of likely N-dealkylation sites (tertiary alicyclic amines) is 1. The number of ether oxygens (including phenoxy) is 2. The molecule has 3 fully saturated rings. The number of hydrogen-bond acceptors (Lipinski definition) is 7. The summed E-state index contributed by atoms with van der Waals surface area (Å²) in [6, 6.07) is 8.14. The first-order valence-electron chi connectivity index (χ1n) is 13.1. The van der Waals surface area contributed by atoms with Crippen molar-refractivity contribution in [3.8, 4) is 22.8 Å². The maximum Gasteiger partial charge on any atom is 0.326 e. The van der Waals surface area contributed by atoms with Crippen LogP contribution < -0.4 is 14.8 Å². The van der Waals surface area contributed by atoms with Crippen LogP contribution in [0, 0.1) is 11.8 Å². The van der Waals surface area contributed by atoms with Crippen molar-refractivity contribution in [2.24, 2.45) is 11.8 Å². The van der Waals surface area contributed by atoms with Gasteiger partial charge in [0.05, 0.1) is 12.0 Å². The summed E-state index contributed by atoms with van der Waals surface area (Å²) < 4.78 is 17.1. The number of methoxy groups -OCH3 is 1. The number of furan rings is 1. The van der Waals surface area contributed by atoms with Crippen LogP contribution in [0.25, 0.3) is 11.3 Å². The molecule has 2 aromatic rings. The summed E-state index contributed by atoms with van der Waals surface area (Å²) in [6.45, 7) is 0.116. The van der Waals surface area contributed by atoms with Gasteiger partial charge in [0.2, 0.25) is 0 Å². The van der Waals surface area contributed by atoms with Gasteiger partial charge in [-0.15, -0.1) is 0 Å². The first-order valence-corrected chi connectivity index (χ1v) is 13.5. The van der Waals surface area contributed by atoms with Gasteiger partial charge in [-0.3, -0.25) is 9.59 Å². The predicted octanol–water partition coefficient (Wildman–Crippen LogP) is 3.63. The number of thiocarbonyl (C=S) groups is 1. The molecule has 0 spiro atoms. The molecule has 2 heterocycles. The van der Waals surface area contributed by atoms with Gasteiger partial charge in [0.25, 0.3) is 11.8 Å². The number of carbonyl (C=O) groups is 3. The number of amides is 2. The molecule has 0 radical (unpaired) electrons. The van der Waals surface area contributed by atoms with Gasteiger partial charge in [-0.25, -0.2) is 4.79 Å². The van der Waals surface area contributed by atoms with E-state index < -0.39 is 12.0 Å². The molecule has 38 heavy (non-hydrogen) atoms. The molecule has 1 aliphatic heterocycles. The van der Waals surface area contributed by atoms with Gasteiger partial charge in [-0.1, -0.05) is 18.6 Å². The summed E-state index contributed by atoms with van der Waals surface area (Å²) in [5.74, 6) is 1.75. The van der Waals surface area contributed by atoms with Gasteiger partial charge in [-0.2, -0.15) is 0 Å². The van der Waals surface area contributed by atoms with Gasteiger partial charge in [0, 0.05) is 30.6 Å². The highest BCUT2D eigenvalue weighted by Gasteiger charge is 2.40. The van der Waals surface area contributed by atoms with Crippen LogP contribution in [0.5, 0.6) is 11.5 Å². The molecule has 2 amide bonds. The quantitative estimate of drug-likeness (QED) is 0.439. The van der Waals surface area contributed by atoms with Gasteiger partial charge in [0.1, 0.15) is 29.1 Å². The molecule has 1 aromatic heterocycles. The summed E-state index contributed by atoms with van der Waals surface area (Å²) in [6.07, 6.45) is 6.04. The molecule has 2 N–H and O–H groups in total. The molecule has 3 aliphatic rings. The number of carbonyl (C=O) groups excluding carboxylic acids is 2. The first kappa shape index (κ1) is 26.2. The Balaban J connectivity index is 1.21. The summed E-state index contributed by atoms with van der Waals surface area (Å²) in [7, 11) is 1.52. The Morgan fingerprint density at radius 1 is 1.13 bits per heavy atom. The standard InChI is InChI=1S/C28H32N2O7S/c1-35-20-11-18(12-21(13-20)36-15-26(31)30-8-2-3-23(30)28(33)34)24-7-6-19(37-24)14-25(38)27(32)29-22-10-16-4-5-17(22)9-16/h6-7,11-13,16-17,22-23H,2-5,8-10,14-15H2,1H3,(H,29,32)(H,33,34). The summed E-state index contributed by atoms with van der Waals surface area (Å²) in [5.41, 5.74) is 0.667. The normalized spacial score (nSPS) is 23.9. The molecule has 2 aliphatic carbocycles. The fourth-order valence-electron chi connectivity index (χ4n) is 6.00. The Morgan fingerprint density at radius 3 is 2.66 bits per heavy atom. The molecule has 1 saturated heterocycles. The molecule has 2 bridgehead atoms. The van der Waals surface area contributed by atoms with E-state index >= 15 is 0 Å². The fraction of sp³-hybridized carbons (Fsp3) is 0.500. The Kier molecular flexibility index (Phi) is 7.69. The number of rotatable bonds is 10. The number of hydrogen-bond donors (Lipinski definition) is 2. The lowest BCUT2D eigenvalue weighted by molar-refractivity contribution is -0.148. The van der Waals surface area contributed by atoms with Crippen LogP contribution in [0.3, 0.4) is 0 Å². The zero-order valence-electron chi connectivity index (χ0n) is 21.3. The Morgan fingerprint density at radius 2 is 1.95 bits per heavy atom. The number of fused-ring (bicyclic) bond motifs is 2. The third-order valence-corrected chi connectivity index (χ3v) is 8.25. The monoisotopic (exact) mass is 540 g/mol. The molecular weight excluding hydrogens is 508 g/mol. The van der Waals surface area contributed by atoms with Crippen LogP contribution >= 0.6 is 12.2 Å². The van der Waals surface area contributed by atoms with Crippen LogP contribution in [0.4, 0.5) is 0 Å². The summed E-state index contributed by atoms with van der Waals surface area (Å²) in [5, 5.41) is 12.5. The summed E-state index contributed by atoms with van der Waals surface area (Å²) >= 11 is 5.41. The van der Waals surface area contributed by atoms with E-state index in [1.165, 1.54) is 31.3 Å². The first-order chi connectivity index (χ1) is 18.3. The third-order valence-electron chi connectivity index (χ3n) is 7.93. The van der Waals surface area contributed by atoms with Crippen molar-refractivity contribution < 1.29 is 33.4 Å². The maximum atomic E-state index is 12.7. The molecule has 1 aromatic carbocycles. The van der Waals surface area contributed by atoms with E-state index in [1.54, 1.807) is 30.3 Å². The molecule has 4 atom stereocenters. The van der Waals surface area contributed by atoms with Crippen molar-refractivity contribution in [2.75, 3.05) is 20.3 Å². The van der Waals surface area contributed by atoms with Crippen molar-refractivity contribution in [1.29, 1.82) is 0 Å². The van der Waals surface area contributed by atoms with Gasteiger partial charge in [-0.05, 0) is 68.2 Å². The average molecular weight is 541 g/mol. The van der Waals surface area contributed by atoms with Crippen molar-refractivity contribution in [1.82, 2.24) is 10.2 Å². The van der Waals surface area contributed by atoms with Crippen LogP contribution in [-0.4, -0.2) is 65.0 Å². The highest BCUT2D eigenvalue weighted by molar-refractivity contribution is 7.82. The number of carboxylic acid groups (broad SMARTS) is 1. The van der Waals surface area contributed by atoms with E-state index in [-0.39, 0.29) is 30.9 Å². The third kappa shape index (κ3) is 5.70. The fourth-order valence-corrected chi connectivity index (χ4v) is 6.20. The van der Waals surface area contributed by atoms with Crippen LogP contribution in [-0.2, 0) is 20.8 Å². The SMILES string of the molecule is COc1cc(OCC(=O)N2CCCC2C(=O)O)cc(-c2ccc(CC(=S)C(=O)NC3CC4CCC3C4)o2)c1. The second-order valence-corrected chi connectivity index (χ2v) is 10.9. The predicted molar refractivity (Wildman–Crippen MR) is 142 cm³/mol. The number of carboxylic acids is 1. The van der Waals surface area contributed by atoms with Crippen LogP contribution in [0.15, 0.2) is 34.7 Å². The smallest absolute Gasteiger partial charge is 0.326 e. The zero-order valence-corrected chi connectivity index (χ0v) is 22.1. The van der Waals surface area contributed by atoms with E-state index in [9.17, 15) is 19.5 Å². The molecular formula is C28H32N2O7S. The second-order valence-electron chi connectivity index (χ2n) is 10.4. The van der Waals surface area contributed by atoms with Crippen molar-refractivity contribution in [3.63, 3.8) is 0 Å². The summed E-state index contributed by atoms with van der Waals surface area (Å²) in [4.78, 5) is 38.3. The number of aliphatic carboxylic acids is 1. The van der Waals surface area contributed by atoms with Crippen LogP contribution in [0.2, 0.25) is 0 Å². The molecule has 4 unspecified atom stereocenters. The minimum Gasteiger partial charge on any atom is -0.497 e. The highest BCUT2D eigenvalue weighted by atomic mass is 32.1. The van der Waals surface area contributed by atoms with Gasteiger partial charge < -0.3 is 29.2 Å². The second kappa shape index (κ2) is 11.1. The molecule has 202 valence electrons. The molecule has 2 saturated carbocycles.